The molecule has 2 rings (SSSR count). The Morgan fingerprint density at radius 1 is 1.37 bits per heavy atom. The number of aromatic nitrogens is 1. The molecule has 0 aromatic carbocycles. The molecule has 0 amide bonds. The van der Waals surface area contributed by atoms with Gasteiger partial charge in [0.2, 0.25) is 0 Å². The third-order valence-corrected chi connectivity index (χ3v) is 4.35. The van der Waals surface area contributed by atoms with Gasteiger partial charge in [-0.2, -0.15) is 0 Å². The van der Waals surface area contributed by atoms with Crippen LogP contribution in [0.1, 0.15) is 50.3 Å². The highest BCUT2D eigenvalue weighted by Crippen LogP contribution is 2.33. The number of hydrogen-bond donors (Lipinski definition) is 2. The molecule has 3 heteroatoms. The fourth-order valence-corrected chi connectivity index (χ4v) is 2.83. The molecule has 1 saturated carbocycles. The van der Waals surface area contributed by atoms with Gasteiger partial charge < -0.3 is 10.4 Å². The molecule has 3 nitrogen and oxygen atoms in total. The van der Waals surface area contributed by atoms with Crippen LogP contribution in [0.2, 0.25) is 0 Å². The second kappa shape index (κ2) is 6.49. The van der Waals surface area contributed by atoms with Gasteiger partial charge in [0.15, 0.2) is 0 Å². The average Bonchev–Trinajstić information content (AvgIpc) is 2.42. The van der Waals surface area contributed by atoms with E-state index in [-0.39, 0.29) is 0 Å². The maximum atomic E-state index is 10.5. The van der Waals surface area contributed by atoms with Gasteiger partial charge in [-0.1, -0.05) is 19.4 Å². The zero-order valence-electron chi connectivity index (χ0n) is 12.2. The van der Waals surface area contributed by atoms with Crippen LogP contribution in [0.25, 0.3) is 0 Å². The van der Waals surface area contributed by atoms with Crippen molar-refractivity contribution >= 4 is 0 Å². The van der Waals surface area contributed by atoms with Crippen LogP contribution in [0, 0.1) is 12.8 Å². The Balaban J connectivity index is 1.74. The molecule has 0 radical (unpaired) electrons. The smallest absolute Gasteiger partial charge is 0.0771 e. The fourth-order valence-electron chi connectivity index (χ4n) is 2.83. The predicted molar refractivity (Wildman–Crippen MR) is 77.9 cm³/mol. The quantitative estimate of drug-likeness (QED) is 0.857. The second-order valence-electron chi connectivity index (χ2n) is 6.01. The molecule has 1 aromatic rings. The third-order valence-electron chi connectivity index (χ3n) is 4.35. The normalized spacial score (nSPS) is 27.4. The molecule has 0 spiro atoms. The highest BCUT2D eigenvalue weighted by Gasteiger charge is 2.31. The van der Waals surface area contributed by atoms with Crippen LogP contribution < -0.4 is 5.32 Å². The molecule has 0 unspecified atom stereocenters. The van der Waals surface area contributed by atoms with Crippen molar-refractivity contribution in [1.29, 1.82) is 0 Å². The van der Waals surface area contributed by atoms with Gasteiger partial charge >= 0.3 is 0 Å². The zero-order chi connectivity index (χ0) is 13.7. The van der Waals surface area contributed by atoms with Crippen molar-refractivity contribution in [3.05, 3.63) is 29.6 Å². The third kappa shape index (κ3) is 4.29. The van der Waals surface area contributed by atoms with Gasteiger partial charge in [0, 0.05) is 19.3 Å². The molecule has 19 heavy (non-hydrogen) atoms. The fraction of sp³-hybridized carbons (Fsp3) is 0.688. The van der Waals surface area contributed by atoms with Crippen molar-refractivity contribution in [2.24, 2.45) is 5.92 Å². The number of aliphatic hydroxyl groups is 1. The first-order valence-corrected chi connectivity index (χ1v) is 7.46. The Bertz CT molecular complexity index is 380. The first-order chi connectivity index (χ1) is 9.11. The maximum absolute atomic E-state index is 10.5. The molecule has 1 fully saturated rings. The summed E-state index contributed by atoms with van der Waals surface area (Å²) in [4.78, 5) is 4.36. The van der Waals surface area contributed by atoms with E-state index >= 15 is 0 Å². The van der Waals surface area contributed by atoms with Gasteiger partial charge in [-0.3, -0.25) is 4.98 Å². The van der Waals surface area contributed by atoms with Gasteiger partial charge in [0.1, 0.15) is 0 Å². The lowest BCUT2D eigenvalue weighted by Gasteiger charge is -2.36. The predicted octanol–water partition coefficient (Wildman–Crippen LogP) is 2.81. The standard InChI is InChI=1S/C16H26N2O/c1-3-14-6-8-16(19,9-7-14)12-17-11-15-5-4-13(2)10-18-15/h4-5,10,14,17,19H,3,6-9,11-12H2,1-2H3. The Labute approximate surface area is 116 Å². The van der Waals surface area contributed by atoms with Crippen LogP contribution >= 0.6 is 0 Å². The topological polar surface area (TPSA) is 45.1 Å². The Morgan fingerprint density at radius 3 is 2.68 bits per heavy atom. The van der Waals surface area contributed by atoms with Crippen molar-refractivity contribution < 1.29 is 5.11 Å². The molecule has 2 N–H and O–H groups in total. The monoisotopic (exact) mass is 262 g/mol. The first-order valence-electron chi connectivity index (χ1n) is 7.46. The molecular weight excluding hydrogens is 236 g/mol. The summed E-state index contributed by atoms with van der Waals surface area (Å²) in [5.41, 5.74) is 1.72. The van der Waals surface area contributed by atoms with E-state index < -0.39 is 5.60 Å². The minimum atomic E-state index is -0.504. The Hall–Kier alpha value is -0.930. The van der Waals surface area contributed by atoms with Crippen molar-refractivity contribution in [3.8, 4) is 0 Å². The number of nitrogens with one attached hydrogen (secondary N) is 1. The first kappa shape index (κ1) is 14.5. The average molecular weight is 262 g/mol. The molecular formula is C16H26N2O. The lowest BCUT2D eigenvalue weighted by Crippen LogP contribution is -2.43. The van der Waals surface area contributed by atoms with E-state index in [1.165, 1.54) is 12.0 Å². The molecule has 0 atom stereocenters. The van der Waals surface area contributed by atoms with E-state index in [2.05, 4.69) is 23.3 Å². The van der Waals surface area contributed by atoms with Gasteiger partial charge in [0.25, 0.3) is 0 Å². The molecule has 0 aliphatic heterocycles. The molecule has 0 bridgehead atoms. The lowest BCUT2D eigenvalue weighted by atomic mass is 9.78. The Morgan fingerprint density at radius 2 is 2.11 bits per heavy atom. The molecule has 0 saturated heterocycles. The van der Waals surface area contributed by atoms with Crippen molar-refractivity contribution in [2.45, 2.75) is 58.1 Å². The molecule has 1 aromatic heterocycles. The number of hydrogen-bond acceptors (Lipinski definition) is 3. The number of nitrogens with zero attached hydrogens (tertiary/aromatic N) is 1. The van der Waals surface area contributed by atoms with Crippen LogP contribution in [0.3, 0.4) is 0 Å². The summed E-state index contributed by atoms with van der Waals surface area (Å²) < 4.78 is 0. The lowest BCUT2D eigenvalue weighted by molar-refractivity contribution is -0.00886. The van der Waals surface area contributed by atoms with Crippen LogP contribution in [-0.4, -0.2) is 22.2 Å². The number of rotatable bonds is 5. The number of pyridine rings is 1. The maximum Gasteiger partial charge on any atom is 0.0771 e. The van der Waals surface area contributed by atoms with E-state index in [9.17, 15) is 5.11 Å². The highest BCUT2D eigenvalue weighted by molar-refractivity contribution is 5.12. The summed E-state index contributed by atoms with van der Waals surface area (Å²) in [5, 5.41) is 13.9. The Kier molecular flexibility index (Phi) is 4.94. The largest absolute Gasteiger partial charge is 0.389 e. The highest BCUT2D eigenvalue weighted by atomic mass is 16.3. The van der Waals surface area contributed by atoms with Crippen molar-refractivity contribution in [2.75, 3.05) is 6.54 Å². The van der Waals surface area contributed by atoms with E-state index in [4.69, 9.17) is 0 Å². The second-order valence-corrected chi connectivity index (χ2v) is 6.01. The SMILES string of the molecule is CCC1CCC(O)(CNCc2ccc(C)cn2)CC1. The minimum absolute atomic E-state index is 0.504. The van der Waals surface area contributed by atoms with Gasteiger partial charge in [-0.25, -0.2) is 0 Å². The van der Waals surface area contributed by atoms with E-state index in [0.717, 1.165) is 43.8 Å². The summed E-state index contributed by atoms with van der Waals surface area (Å²) in [7, 11) is 0. The summed E-state index contributed by atoms with van der Waals surface area (Å²) >= 11 is 0. The minimum Gasteiger partial charge on any atom is -0.389 e. The molecule has 1 aliphatic carbocycles. The molecule has 1 aliphatic rings. The number of aryl methyl sites for hydroxylation is 1. The summed E-state index contributed by atoms with van der Waals surface area (Å²) in [6.45, 7) is 5.70. The van der Waals surface area contributed by atoms with Crippen molar-refractivity contribution in [3.63, 3.8) is 0 Å². The zero-order valence-corrected chi connectivity index (χ0v) is 12.2. The van der Waals surface area contributed by atoms with E-state index in [0.29, 0.717) is 6.54 Å². The summed E-state index contributed by atoms with van der Waals surface area (Å²) in [6.07, 6.45) is 7.32. The van der Waals surface area contributed by atoms with Crippen molar-refractivity contribution in [1.82, 2.24) is 10.3 Å². The molecule has 1 heterocycles. The summed E-state index contributed by atoms with van der Waals surface area (Å²) in [6, 6.07) is 4.12. The van der Waals surface area contributed by atoms with E-state index in [1.807, 2.05) is 19.2 Å². The molecule has 106 valence electrons. The van der Waals surface area contributed by atoms with Crippen LogP contribution in [0.5, 0.6) is 0 Å². The van der Waals surface area contributed by atoms with Gasteiger partial charge in [0.05, 0.1) is 11.3 Å². The van der Waals surface area contributed by atoms with Crippen LogP contribution in [0.15, 0.2) is 18.3 Å². The van der Waals surface area contributed by atoms with Crippen LogP contribution in [-0.2, 0) is 6.54 Å². The van der Waals surface area contributed by atoms with E-state index in [1.54, 1.807) is 0 Å². The summed E-state index contributed by atoms with van der Waals surface area (Å²) in [5.74, 6) is 0.819. The van der Waals surface area contributed by atoms with Gasteiger partial charge in [-0.05, 0) is 50.2 Å². The van der Waals surface area contributed by atoms with Crippen LogP contribution in [0.4, 0.5) is 0 Å². The van der Waals surface area contributed by atoms with Gasteiger partial charge in [-0.15, -0.1) is 0 Å².